The first-order valence-electron chi connectivity index (χ1n) is 8.36. The van der Waals surface area contributed by atoms with Crippen LogP contribution < -0.4 is 10.1 Å². The summed E-state index contributed by atoms with van der Waals surface area (Å²) < 4.78 is 5.75. The summed E-state index contributed by atoms with van der Waals surface area (Å²) in [6.07, 6.45) is -0.0394. The Morgan fingerprint density at radius 2 is 1.88 bits per heavy atom. The van der Waals surface area contributed by atoms with Crippen LogP contribution in [0.15, 0.2) is 48.7 Å². The van der Waals surface area contributed by atoms with E-state index in [1.54, 1.807) is 30.5 Å². The Morgan fingerprint density at radius 3 is 2.56 bits per heavy atom. The molecule has 6 heteroatoms. The van der Waals surface area contributed by atoms with Gasteiger partial charge in [-0.2, -0.15) is 0 Å². The molecule has 0 bridgehead atoms. The summed E-state index contributed by atoms with van der Waals surface area (Å²) in [5.74, 6) is 0.281. The van der Waals surface area contributed by atoms with Crippen LogP contribution in [-0.4, -0.2) is 45.5 Å². The normalized spacial score (nSPS) is 26.0. The molecule has 4 atom stereocenters. The van der Waals surface area contributed by atoms with Crippen LogP contribution in [0.1, 0.15) is 28.9 Å². The number of aromatic nitrogens is 1. The fourth-order valence-electron chi connectivity index (χ4n) is 2.95. The Bertz CT molecular complexity index is 705. The fraction of sp³-hybridized carbons (Fsp3) is 0.368. The lowest BCUT2D eigenvalue weighted by atomic mass is 9.87. The predicted molar refractivity (Wildman–Crippen MR) is 92.3 cm³/mol. The molecule has 1 aliphatic carbocycles. The van der Waals surface area contributed by atoms with E-state index in [0.29, 0.717) is 18.6 Å². The van der Waals surface area contributed by atoms with Crippen LogP contribution in [0.25, 0.3) is 0 Å². The largest absolute Gasteiger partial charge is 0.488 e. The number of hydrogen-bond donors (Lipinski definition) is 3. The van der Waals surface area contributed by atoms with Crippen molar-refractivity contribution in [1.29, 1.82) is 0 Å². The molecule has 1 saturated carbocycles. The maximum atomic E-state index is 12.3. The lowest BCUT2D eigenvalue weighted by molar-refractivity contribution is -0.0874. The lowest BCUT2D eigenvalue weighted by Gasteiger charge is -2.37. The van der Waals surface area contributed by atoms with Crippen LogP contribution in [0.3, 0.4) is 0 Å². The van der Waals surface area contributed by atoms with Crippen molar-refractivity contribution >= 4 is 5.91 Å². The van der Waals surface area contributed by atoms with E-state index >= 15 is 0 Å². The minimum Gasteiger partial charge on any atom is -0.488 e. The molecule has 1 amide bonds. The van der Waals surface area contributed by atoms with Gasteiger partial charge in [0.2, 0.25) is 0 Å². The smallest absolute Gasteiger partial charge is 0.270 e. The average Bonchev–Trinajstić information content (AvgIpc) is 2.63. The molecule has 1 aromatic carbocycles. The minimum atomic E-state index is -1.10. The molecule has 1 aromatic heterocycles. The van der Waals surface area contributed by atoms with Gasteiger partial charge in [-0.15, -0.1) is 0 Å². The number of pyridine rings is 1. The van der Waals surface area contributed by atoms with Crippen LogP contribution in [0.4, 0.5) is 0 Å². The monoisotopic (exact) mass is 342 g/mol. The van der Waals surface area contributed by atoms with Crippen LogP contribution >= 0.6 is 0 Å². The van der Waals surface area contributed by atoms with E-state index in [2.05, 4.69) is 10.3 Å². The van der Waals surface area contributed by atoms with Gasteiger partial charge in [-0.3, -0.25) is 9.78 Å². The van der Waals surface area contributed by atoms with Gasteiger partial charge >= 0.3 is 0 Å². The number of nitrogens with one attached hydrogen (secondary N) is 1. The van der Waals surface area contributed by atoms with Crippen molar-refractivity contribution in [3.8, 4) is 5.75 Å². The highest BCUT2D eigenvalue weighted by Crippen LogP contribution is 2.25. The molecule has 0 spiro atoms. The first-order valence-corrected chi connectivity index (χ1v) is 8.36. The standard InChI is InChI=1S/C19H22N2O4/c1-12-7-8-15(20-11-12)19(24)21-14-9-10-16(18(23)17(14)22)25-13-5-3-2-4-6-13/h2-8,11,14,16-18,22-23H,9-10H2,1H3,(H,21,24)/t14-,16-,17-,18-/m1/s1. The number of nitrogens with zero attached hydrogens (tertiary/aromatic N) is 1. The lowest BCUT2D eigenvalue weighted by Crippen LogP contribution is -2.57. The highest BCUT2D eigenvalue weighted by molar-refractivity contribution is 5.92. The molecule has 0 saturated heterocycles. The number of benzene rings is 1. The number of carbonyl (C=O) groups is 1. The van der Waals surface area contributed by atoms with Gasteiger partial charge in [0.1, 0.15) is 29.8 Å². The Kier molecular flexibility index (Phi) is 5.31. The molecule has 3 N–H and O–H groups in total. The number of aliphatic hydroxyl groups excluding tert-OH is 2. The summed E-state index contributed by atoms with van der Waals surface area (Å²) in [5.41, 5.74) is 1.25. The van der Waals surface area contributed by atoms with E-state index in [1.165, 1.54) is 0 Å². The van der Waals surface area contributed by atoms with E-state index in [4.69, 9.17) is 4.74 Å². The number of ether oxygens (including phenoxy) is 1. The summed E-state index contributed by atoms with van der Waals surface area (Å²) in [6, 6.07) is 12.1. The molecule has 0 radical (unpaired) electrons. The zero-order valence-electron chi connectivity index (χ0n) is 14.0. The van der Waals surface area contributed by atoms with Gasteiger partial charge in [0.15, 0.2) is 0 Å². The average molecular weight is 342 g/mol. The van der Waals surface area contributed by atoms with E-state index < -0.39 is 24.4 Å². The summed E-state index contributed by atoms with van der Waals surface area (Å²) in [7, 11) is 0. The number of hydrogen-bond acceptors (Lipinski definition) is 5. The topological polar surface area (TPSA) is 91.7 Å². The first kappa shape index (κ1) is 17.4. The van der Waals surface area contributed by atoms with Gasteiger partial charge < -0.3 is 20.3 Å². The fourth-order valence-corrected chi connectivity index (χ4v) is 2.95. The molecule has 2 aromatic rings. The third-order valence-electron chi connectivity index (χ3n) is 4.40. The van der Waals surface area contributed by atoms with Gasteiger partial charge in [0, 0.05) is 6.20 Å². The van der Waals surface area contributed by atoms with Gasteiger partial charge in [0.25, 0.3) is 5.91 Å². The number of aryl methyl sites for hydroxylation is 1. The Hall–Kier alpha value is -2.44. The number of aliphatic hydroxyl groups is 2. The molecule has 132 valence electrons. The molecular weight excluding hydrogens is 320 g/mol. The van der Waals surface area contributed by atoms with Crippen molar-refractivity contribution in [3.63, 3.8) is 0 Å². The summed E-state index contributed by atoms with van der Waals surface area (Å²) in [5, 5.41) is 23.5. The highest BCUT2D eigenvalue weighted by atomic mass is 16.5. The first-order chi connectivity index (χ1) is 12.0. The molecule has 25 heavy (non-hydrogen) atoms. The quantitative estimate of drug-likeness (QED) is 0.782. The Morgan fingerprint density at radius 1 is 1.12 bits per heavy atom. The van der Waals surface area contributed by atoms with Crippen molar-refractivity contribution < 1.29 is 19.7 Å². The van der Waals surface area contributed by atoms with E-state index in [1.807, 2.05) is 25.1 Å². The summed E-state index contributed by atoms with van der Waals surface area (Å²) in [4.78, 5) is 16.3. The zero-order chi connectivity index (χ0) is 17.8. The van der Waals surface area contributed by atoms with Gasteiger partial charge in [-0.05, 0) is 43.5 Å². The van der Waals surface area contributed by atoms with Crippen LogP contribution in [-0.2, 0) is 0 Å². The van der Waals surface area contributed by atoms with Crippen LogP contribution in [0, 0.1) is 6.92 Å². The SMILES string of the molecule is Cc1ccc(C(=O)N[C@@H]2CC[C@@H](Oc3ccccc3)[C@@H](O)[C@@H]2O)nc1. The molecule has 6 nitrogen and oxygen atoms in total. The molecule has 3 rings (SSSR count). The Labute approximate surface area is 146 Å². The van der Waals surface area contributed by atoms with E-state index in [0.717, 1.165) is 5.56 Å². The van der Waals surface area contributed by atoms with Crippen molar-refractivity contribution in [2.45, 2.75) is 44.1 Å². The second-order valence-corrected chi connectivity index (χ2v) is 6.33. The minimum absolute atomic E-state index is 0.287. The van der Waals surface area contributed by atoms with Crippen molar-refractivity contribution in [2.75, 3.05) is 0 Å². The maximum Gasteiger partial charge on any atom is 0.270 e. The zero-order valence-corrected chi connectivity index (χ0v) is 14.0. The predicted octanol–water partition coefficient (Wildman–Crippen LogP) is 1.45. The number of amides is 1. The highest BCUT2D eigenvalue weighted by Gasteiger charge is 2.39. The number of carbonyl (C=O) groups excluding carboxylic acids is 1. The molecule has 1 heterocycles. The second kappa shape index (κ2) is 7.63. The maximum absolute atomic E-state index is 12.3. The van der Waals surface area contributed by atoms with Gasteiger partial charge in [-0.25, -0.2) is 0 Å². The van der Waals surface area contributed by atoms with Crippen molar-refractivity contribution in [3.05, 3.63) is 59.9 Å². The van der Waals surface area contributed by atoms with Crippen molar-refractivity contribution in [2.24, 2.45) is 0 Å². The summed E-state index contributed by atoms with van der Waals surface area (Å²) >= 11 is 0. The second-order valence-electron chi connectivity index (χ2n) is 6.33. The van der Waals surface area contributed by atoms with E-state index in [9.17, 15) is 15.0 Å². The van der Waals surface area contributed by atoms with Crippen molar-refractivity contribution in [1.82, 2.24) is 10.3 Å². The van der Waals surface area contributed by atoms with Crippen LogP contribution in [0.2, 0.25) is 0 Å². The molecule has 1 fully saturated rings. The molecule has 0 unspecified atom stereocenters. The van der Waals surface area contributed by atoms with Gasteiger partial charge in [-0.1, -0.05) is 24.3 Å². The third-order valence-corrected chi connectivity index (χ3v) is 4.40. The van der Waals surface area contributed by atoms with E-state index in [-0.39, 0.29) is 11.6 Å². The molecular formula is C19H22N2O4. The Balaban J connectivity index is 1.60. The molecule has 0 aliphatic heterocycles. The van der Waals surface area contributed by atoms with Crippen LogP contribution in [0.5, 0.6) is 5.75 Å². The number of rotatable bonds is 4. The third kappa shape index (κ3) is 4.15. The van der Waals surface area contributed by atoms with Gasteiger partial charge in [0.05, 0.1) is 6.04 Å². The summed E-state index contributed by atoms with van der Waals surface area (Å²) in [6.45, 7) is 1.89. The number of para-hydroxylation sites is 1. The molecule has 1 aliphatic rings.